The first-order valence-corrected chi connectivity index (χ1v) is 9.21. The molecule has 4 heteroatoms. The van der Waals surface area contributed by atoms with E-state index in [-0.39, 0.29) is 22.5 Å². The molecule has 1 amide bonds. The predicted octanol–water partition coefficient (Wildman–Crippen LogP) is 3.78. The molecule has 0 bridgehead atoms. The third-order valence-corrected chi connectivity index (χ3v) is 5.68. The van der Waals surface area contributed by atoms with Crippen molar-refractivity contribution in [3.8, 4) is 0 Å². The van der Waals surface area contributed by atoms with Crippen molar-refractivity contribution in [1.82, 2.24) is 4.90 Å². The number of allylic oxidation sites excluding steroid dienone is 2. The molecule has 0 saturated heterocycles. The molecule has 1 aliphatic carbocycles. The molecular weight excluding hydrogens is 294 g/mol. The minimum atomic E-state index is 0.0521. The monoisotopic (exact) mass is 325 g/mol. The molecule has 22 heavy (non-hydrogen) atoms. The van der Waals surface area contributed by atoms with Crippen LogP contribution in [0.25, 0.3) is 0 Å². The van der Waals surface area contributed by atoms with Crippen molar-refractivity contribution in [3.63, 3.8) is 0 Å². The Hall–Kier alpha value is -0.770. The summed E-state index contributed by atoms with van der Waals surface area (Å²) in [6.07, 6.45) is 6.52. The van der Waals surface area contributed by atoms with Gasteiger partial charge >= 0.3 is 0 Å². The standard InChI is InChI=1S/C18H31NO2S/c1-13-8-7-10-18(3,4)17(13)15(20)12-14(2)22-11-9-16(21)19(5)6/h7-8,13-14,17H,9-12H2,1-6H3. The maximum Gasteiger partial charge on any atom is 0.222 e. The second kappa shape index (κ2) is 8.19. The van der Waals surface area contributed by atoms with E-state index in [9.17, 15) is 9.59 Å². The van der Waals surface area contributed by atoms with Gasteiger partial charge < -0.3 is 4.90 Å². The lowest BCUT2D eigenvalue weighted by molar-refractivity contribution is -0.128. The van der Waals surface area contributed by atoms with E-state index < -0.39 is 0 Å². The highest BCUT2D eigenvalue weighted by molar-refractivity contribution is 7.99. The number of carbonyl (C=O) groups is 2. The van der Waals surface area contributed by atoms with Gasteiger partial charge in [-0.2, -0.15) is 11.8 Å². The van der Waals surface area contributed by atoms with E-state index in [2.05, 4.69) is 39.8 Å². The van der Waals surface area contributed by atoms with Crippen LogP contribution in [-0.4, -0.2) is 41.7 Å². The molecule has 0 aliphatic heterocycles. The lowest BCUT2D eigenvalue weighted by atomic mass is 9.65. The van der Waals surface area contributed by atoms with Crippen molar-refractivity contribution in [1.29, 1.82) is 0 Å². The molecule has 3 atom stereocenters. The van der Waals surface area contributed by atoms with Crippen LogP contribution < -0.4 is 0 Å². The molecule has 0 aromatic carbocycles. The molecule has 0 fully saturated rings. The van der Waals surface area contributed by atoms with E-state index >= 15 is 0 Å². The van der Waals surface area contributed by atoms with Gasteiger partial charge in [-0.05, 0) is 17.8 Å². The second-order valence-corrected chi connectivity index (χ2v) is 8.89. The summed E-state index contributed by atoms with van der Waals surface area (Å²) < 4.78 is 0. The predicted molar refractivity (Wildman–Crippen MR) is 95.0 cm³/mol. The summed E-state index contributed by atoms with van der Waals surface area (Å²) in [6, 6.07) is 0. The molecular formula is C18H31NO2S. The molecule has 0 aromatic rings. The van der Waals surface area contributed by atoms with Gasteiger partial charge in [-0.25, -0.2) is 0 Å². The van der Waals surface area contributed by atoms with Crippen LogP contribution in [0.1, 0.15) is 47.0 Å². The number of hydrogen-bond donors (Lipinski definition) is 0. The number of ketones is 1. The molecule has 0 radical (unpaired) electrons. The van der Waals surface area contributed by atoms with Gasteiger partial charge in [0, 0.05) is 43.9 Å². The Morgan fingerprint density at radius 1 is 1.36 bits per heavy atom. The number of carbonyl (C=O) groups excluding carboxylic acids is 2. The summed E-state index contributed by atoms with van der Waals surface area (Å²) in [5.41, 5.74) is 0.0521. The van der Waals surface area contributed by atoms with E-state index in [1.165, 1.54) is 0 Å². The number of thioether (sulfide) groups is 1. The van der Waals surface area contributed by atoms with Crippen molar-refractivity contribution in [2.45, 2.75) is 52.2 Å². The van der Waals surface area contributed by atoms with E-state index in [0.717, 1.165) is 12.2 Å². The molecule has 0 N–H and O–H groups in total. The molecule has 3 nitrogen and oxygen atoms in total. The van der Waals surface area contributed by atoms with Crippen LogP contribution in [0, 0.1) is 17.3 Å². The first kappa shape index (κ1) is 19.3. The van der Waals surface area contributed by atoms with Crippen molar-refractivity contribution in [3.05, 3.63) is 12.2 Å². The zero-order valence-electron chi connectivity index (χ0n) is 14.9. The summed E-state index contributed by atoms with van der Waals surface area (Å²) in [6.45, 7) is 8.64. The van der Waals surface area contributed by atoms with Crippen LogP contribution in [0.2, 0.25) is 0 Å². The van der Waals surface area contributed by atoms with Crippen molar-refractivity contribution in [2.24, 2.45) is 17.3 Å². The number of nitrogens with zero attached hydrogens (tertiary/aromatic N) is 1. The average Bonchev–Trinajstić information content (AvgIpc) is 2.36. The van der Waals surface area contributed by atoms with Gasteiger partial charge in [-0.15, -0.1) is 0 Å². The normalized spacial score (nSPS) is 24.8. The fourth-order valence-electron chi connectivity index (χ4n) is 3.31. The maximum atomic E-state index is 12.7. The summed E-state index contributed by atoms with van der Waals surface area (Å²) in [4.78, 5) is 25.9. The van der Waals surface area contributed by atoms with Crippen molar-refractivity contribution < 1.29 is 9.59 Å². The Morgan fingerprint density at radius 3 is 2.55 bits per heavy atom. The van der Waals surface area contributed by atoms with Crippen LogP contribution in [-0.2, 0) is 9.59 Å². The van der Waals surface area contributed by atoms with E-state index in [1.807, 2.05) is 0 Å². The van der Waals surface area contributed by atoms with Crippen LogP contribution in [0.15, 0.2) is 12.2 Å². The van der Waals surface area contributed by atoms with Gasteiger partial charge in [-0.1, -0.05) is 39.8 Å². The maximum absolute atomic E-state index is 12.7. The second-order valence-electron chi connectivity index (χ2n) is 7.35. The Bertz CT molecular complexity index is 429. The summed E-state index contributed by atoms with van der Waals surface area (Å²) in [7, 11) is 3.56. The molecule has 0 heterocycles. The number of hydrogen-bond acceptors (Lipinski definition) is 3. The molecule has 126 valence electrons. The third kappa shape index (κ3) is 5.45. The van der Waals surface area contributed by atoms with Crippen LogP contribution in [0.3, 0.4) is 0 Å². The molecule has 1 rings (SSSR count). The smallest absolute Gasteiger partial charge is 0.222 e. The zero-order chi connectivity index (χ0) is 16.9. The van der Waals surface area contributed by atoms with Gasteiger partial charge in [0.05, 0.1) is 0 Å². The van der Waals surface area contributed by atoms with Crippen LogP contribution in [0.5, 0.6) is 0 Å². The Morgan fingerprint density at radius 2 is 2.00 bits per heavy atom. The highest BCUT2D eigenvalue weighted by Gasteiger charge is 2.39. The van der Waals surface area contributed by atoms with E-state index in [4.69, 9.17) is 0 Å². The molecule has 0 aromatic heterocycles. The largest absolute Gasteiger partial charge is 0.349 e. The zero-order valence-corrected chi connectivity index (χ0v) is 15.7. The minimum absolute atomic E-state index is 0.0521. The Balaban J connectivity index is 2.47. The first-order valence-electron chi connectivity index (χ1n) is 8.16. The van der Waals surface area contributed by atoms with E-state index in [0.29, 0.717) is 24.5 Å². The molecule has 3 unspecified atom stereocenters. The average molecular weight is 326 g/mol. The third-order valence-electron chi connectivity index (χ3n) is 4.50. The first-order chi connectivity index (χ1) is 10.1. The molecule has 1 aliphatic rings. The topological polar surface area (TPSA) is 37.4 Å². The lowest BCUT2D eigenvalue weighted by Crippen LogP contribution is -2.38. The van der Waals surface area contributed by atoms with Gasteiger partial charge in [0.15, 0.2) is 0 Å². The van der Waals surface area contributed by atoms with Gasteiger partial charge in [0.25, 0.3) is 0 Å². The Kier molecular flexibility index (Phi) is 7.17. The van der Waals surface area contributed by atoms with Gasteiger partial charge in [-0.3, -0.25) is 9.59 Å². The molecule has 0 saturated carbocycles. The summed E-state index contributed by atoms with van der Waals surface area (Å²) in [5, 5.41) is 0.274. The van der Waals surface area contributed by atoms with E-state index in [1.54, 1.807) is 30.8 Å². The summed E-state index contributed by atoms with van der Waals surface area (Å²) in [5.74, 6) is 1.75. The SMILES string of the molecule is CC(CC(=O)C1C(C)C=CCC1(C)C)SCCC(=O)N(C)C. The Labute approximate surface area is 139 Å². The lowest BCUT2D eigenvalue weighted by Gasteiger charge is -2.39. The van der Waals surface area contributed by atoms with Crippen molar-refractivity contribution >= 4 is 23.5 Å². The van der Waals surface area contributed by atoms with Gasteiger partial charge in [0.2, 0.25) is 5.91 Å². The van der Waals surface area contributed by atoms with Crippen molar-refractivity contribution in [2.75, 3.05) is 19.8 Å². The fourth-order valence-corrected chi connectivity index (χ4v) is 4.28. The number of rotatable bonds is 7. The number of amides is 1. The van der Waals surface area contributed by atoms with Crippen LogP contribution >= 0.6 is 11.8 Å². The van der Waals surface area contributed by atoms with Crippen LogP contribution in [0.4, 0.5) is 0 Å². The quantitative estimate of drug-likeness (QED) is 0.668. The minimum Gasteiger partial charge on any atom is -0.349 e. The highest BCUT2D eigenvalue weighted by Crippen LogP contribution is 2.42. The van der Waals surface area contributed by atoms with Gasteiger partial charge in [0.1, 0.15) is 5.78 Å². The summed E-state index contributed by atoms with van der Waals surface area (Å²) >= 11 is 1.73. The number of Topliss-reactive ketones (excluding diaryl/α,β-unsaturated/α-hetero) is 1. The molecule has 0 spiro atoms. The highest BCUT2D eigenvalue weighted by atomic mass is 32.2. The fraction of sp³-hybridized carbons (Fsp3) is 0.778.